The molecule has 2 aliphatic heterocycles. The van der Waals surface area contributed by atoms with Crippen LogP contribution in [0.1, 0.15) is 91.2 Å². The van der Waals surface area contributed by atoms with E-state index < -0.39 is 69.3 Å². The molecule has 1 saturated heterocycles. The van der Waals surface area contributed by atoms with E-state index in [1.165, 1.54) is 19.0 Å². The van der Waals surface area contributed by atoms with Gasteiger partial charge in [-0.1, -0.05) is 37.1 Å². The second-order valence-corrected chi connectivity index (χ2v) is 17.4. The second kappa shape index (κ2) is 15.0. The summed E-state index contributed by atoms with van der Waals surface area (Å²) in [6.45, 7) is 11.2. The van der Waals surface area contributed by atoms with Gasteiger partial charge in [0.1, 0.15) is 29.3 Å². The quantitative estimate of drug-likeness (QED) is 0.358. The molecule has 0 spiro atoms. The van der Waals surface area contributed by atoms with Crippen LogP contribution in [0.2, 0.25) is 0 Å². The number of rotatable bonds is 7. The number of imidazole rings is 1. The molecule has 1 aromatic heterocycles. The Hall–Kier alpha value is -4.18. The van der Waals surface area contributed by atoms with Crippen molar-refractivity contribution in [1.29, 1.82) is 0 Å². The van der Waals surface area contributed by atoms with Crippen molar-refractivity contribution in [3.05, 3.63) is 35.9 Å². The molecule has 4 amide bonds. The van der Waals surface area contributed by atoms with Crippen LogP contribution >= 0.6 is 0 Å². The lowest BCUT2D eigenvalue weighted by Crippen LogP contribution is -2.58. The van der Waals surface area contributed by atoms with E-state index in [9.17, 15) is 27.6 Å². The first-order valence-corrected chi connectivity index (χ1v) is 19.4. The third-order valence-corrected chi connectivity index (χ3v) is 11.1. The molecule has 52 heavy (non-hydrogen) atoms. The van der Waals surface area contributed by atoms with Gasteiger partial charge in [0, 0.05) is 32.5 Å². The van der Waals surface area contributed by atoms with E-state index in [0.29, 0.717) is 25.3 Å². The lowest BCUT2D eigenvalue weighted by Gasteiger charge is -2.30. The molecule has 3 N–H and O–H groups in total. The molecule has 5 rings (SSSR count). The molecule has 2 aromatic rings. The van der Waals surface area contributed by atoms with Crippen molar-refractivity contribution in [3.63, 3.8) is 0 Å². The van der Waals surface area contributed by atoms with Crippen LogP contribution in [0.5, 0.6) is 6.01 Å². The average Bonchev–Trinajstić information content (AvgIpc) is 3.36. The summed E-state index contributed by atoms with van der Waals surface area (Å²) in [6.07, 6.45) is 5.77. The summed E-state index contributed by atoms with van der Waals surface area (Å²) < 4.78 is 42.3. The van der Waals surface area contributed by atoms with Crippen LogP contribution in [-0.2, 0) is 29.3 Å². The molecule has 286 valence electrons. The minimum Gasteiger partial charge on any atom is -0.459 e. The normalized spacial score (nSPS) is 25.9. The van der Waals surface area contributed by atoms with E-state index in [-0.39, 0.29) is 25.4 Å². The van der Waals surface area contributed by atoms with Crippen LogP contribution in [0.3, 0.4) is 0 Å². The number of benzene rings is 1. The Kier molecular flexibility index (Phi) is 11.3. The van der Waals surface area contributed by atoms with Crippen LogP contribution in [0.4, 0.5) is 4.79 Å². The van der Waals surface area contributed by atoms with Crippen molar-refractivity contribution in [1.82, 2.24) is 34.1 Å². The number of alkyl carbamates (subject to hydrolysis) is 1. The zero-order chi connectivity index (χ0) is 38.2. The fourth-order valence-corrected chi connectivity index (χ4v) is 7.48. The van der Waals surface area contributed by atoms with Gasteiger partial charge in [-0.2, -0.15) is 17.7 Å². The lowest BCUT2D eigenvalue weighted by atomic mass is 10.0. The van der Waals surface area contributed by atoms with Crippen molar-refractivity contribution in [2.75, 3.05) is 20.6 Å². The number of nitrogens with one attached hydrogen (secondary N) is 3. The number of aryl methyl sites for hydroxylation is 1. The summed E-state index contributed by atoms with van der Waals surface area (Å²) in [5, 5.41) is 5.60. The van der Waals surface area contributed by atoms with Gasteiger partial charge in [-0.3, -0.25) is 19.0 Å². The maximum absolute atomic E-state index is 14.5. The van der Waals surface area contributed by atoms with Crippen molar-refractivity contribution in [2.45, 2.75) is 122 Å². The topological polar surface area (TPSA) is 181 Å². The zero-order valence-electron chi connectivity index (χ0n) is 31.4. The van der Waals surface area contributed by atoms with Crippen molar-refractivity contribution < 1.29 is 37.1 Å². The molecule has 0 unspecified atom stereocenters. The molecule has 3 heterocycles. The number of amides is 4. The number of carbonyl (C=O) groups excluding carboxylic acids is 4. The number of hydrogen-bond donors (Lipinski definition) is 3. The molecule has 16 heteroatoms. The monoisotopic (exact) mass is 743 g/mol. The fourth-order valence-electron chi connectivity index (χ4n) is 6.88. The first-order valence-electron chi connectivity index (χ1n) is 18.0. The van der Waals surface area contributed by atoms with E-state index in [0.717, 1.165) is 33.7 Å². The highest BCUT2D eigenvalue weighted by Gasteiger charge is 2.61. The van der Waals surface area contributed by atoms with Gasteiger partial charge < -0.3 is 25.0 Å². The number of nitrogens with zero attached hydrogens (tertiary/aromatic N) is 4. The minimum absolute atomic E-state index is 0.00123. The number of aromatic nitrogens is 2. The van der Waals surface area contributed by atoms with Gasteiger partial charge in [0.2, 0.25) is 11.8 Å². The van der Waals surface area contributed by atoms with Crippen molar-refractivity contribution >= 4 is 45.1 Å². The molecule has 2 fully saturated rings. The summed E-state index contributed by atoms with van der Waals surface area (Å²) >= 11 is 0. The van der Waals surface area contributed by atoms with Gasteiger partial charge >= 0.3 is 16.3 Å². The minimum atomic E-state index is -4.16. The zero-order valence-corrected chi connectivity index (χ0v) is 32.2. The van der Waals surface area contributed by atoms with Gasteiger partial charge in [0.25, 0.3) is 11.9 Å². The molecule has 1 saturated carbocycles. The smallest absolute Gasteiger partial charge is 0.408 e. The Morgan fingerprint density at radius 3 is 2.54 bits per heavy atom. The maximum atomic E-state index is 14.5. The number of carbonyl (C=O) groups is 4. The van der Waals surface area contributed by atoms with Gasteiger partial charge in [-0.25, -0.2) is 9.52 Å². The molecule has 0 bridgehead atoms. The molecule has 5 atom stereocenters. The summed E-state index contributed by atoms with van der Waals surface area (Å²) in [7, 11) is -1.56. The number of allylic oxidation sites excluding steroid dienone is 1. The van der Waals surface area contributed by atoms with Crippen LogP contribution < -0.4 is 20.1 Å². The highest BCUT2D eigenvalue weighted by Crippen LogP contribution is 2.46. The largest absolute Gasteiger partial charge is 0.459 e. The Morgan fingerprint density at radius 1 is 1.13 bits per heavy atom. The Labute approximate surface area is 306 Å². The van der Waals surface area contributed by atoms with E-state index in [2.05, 4.69) is 15.4 Å². The molecular weight excluding hydrogens is 691 g/mol. The first kappa shape index (κ1) is 39.0. The van der Waals surface area contributed by atoms with Gasteiger partial charge in [0.15, 0.2) is 0 Å². The molecule has 3 aliphatic rings. The second-order valence-electron chi connectivity index (χ2n) is 15.5. The SMILES string of the molecule is Cc1cccc2c1nc(O[C@@H]1C[C@H]3C(=O)N[C@]4(C(=O)NS(=O)(=O)N(C)C)C[C@H]4C=CCCCCC[C@H](NC(=O)OC(C)(C)C)C(=O)N3C1)n2C(C)C. The van der Waals surface area contributed by atoms with Gasteiger partial charge in [-0.15, -0.1) is 0 Å². The number of fused-ring (bicyclic) bond motifs is 3. The molecule has 0 radical (unpaired) electrons. The third-order valence-electron chi connectivity index (χ3n) is 9.72. The standard InChI is InChI=1S/C36H53N7O8S/c1-22(2)43-27-18-14-15-23(3)29(27)38-33(43)50-25-19-28-30(44)39-36(32(46)40-52(48,49)41(7)8)20-24(36)16-12-10-9-11-13-17-26(31(45)42(28)21-25)37-34(47)51-35(4,5)6/h12,14-16,18,22,24-26,28H,9-11,13,17,19-21H2,1-8H3,(H,37,47)(H,39,44)(H,40,46)/t24-,25-,26+,28+,36-/m1/s1. The van der Waals surface area contributed by atoms with Crippen molar-refractivity contribution in [3.8, 4) is 6.01 Å². The summed E-state index contributed by atoms with van der Waals surface area (Å²) in [6, 6.07) is 4.11. The van der Waals surface area contributed by atoms with Gasteiger partial charge in [-0.05, 0) is 78.9 Å². The van der Waals surface area contributed by atoms with Gasteiger partial charge in [0.05, 0.1) is 17.6 Å². The van der Waals surface area contributed by atoms with Crippen molar-refractivity contribution in [2.24, 2.45) is 5.92 Å². The Bertz CT molecular complexity index is 1830. The summed E-state index contributed by atoms with van der Waals surface area (Å²) in [5.74, 6) is -2.43. The number of para-hydroxylation sites is 1. The molecule has 1 aromatic carbocycles. The summed E-state index contributed by atoms with van der Waals surface area (Å²) in [4.78, 5) is 61.6. The molecular formula is C36H53N7O8S. The fraction of sp³-hybridized carbons (Fsp3) is 0.639. The van der Waals surface area contributed by atoms with Crippen LogP contribution in [-0.4, -0.2) is 101 Å². The molecule has 1 aliphatic carbocycles. The van der Waals surface area contributed by atoms with Crippen LogP contribution in [0.15, 0.2) is 30.4 Å². The van der Waals surface area contributed by atoms with E-state index in [1.807, 2.05) is 55.7 Å². The average molecular weight is 744 g/mol. The Morgan fingerprint density at radius 2 is 1.87 bits per heavy atom. The molecule has 15 nitrogen and oxygen atoms in total. The first-order chi connectivity index (χ1) is 24.3. The predicted molar refractivity (Wildman–Crippen MR) is 195 cm³/mol. The van der Waals surface area contributed by atoms with E-state index in [4.69, 9.17) is 14.5 Å². The highest BCUT2D eigenvalue weighted by molar-refractivity contribution is 7.87. The van der Waals surface area contributed by atoms with E-state index >= 15 is 0 Å². The summed E-state index contributed by atoms with van der Waals surface area (Å²) in [5.41, 5.74) is 0.301. The number of ether oxygens (including phenoxy) is 2. The third kappa shape index (κ3) is 8.54. The van der Waals surface area contributed by atoms with Crippen LogP contribution in [0.25, 0.3) is 11.0 Å². The van der Waals surface area contributed by atoms with Crippen LogP contribution in [0, 0.1) is 12.8 Å². The van der Waals surface area contributed by atoms with E-state index in [1.54, 1.807) is 20.8 Å². The maximum Gasteiger partial charge on any atom is 0.408 e. The number of hydrogen-bond acceptors (Lipinski definition) is 9. The highest BCUT2D eigenvalue weighted by atomic mass is 32.2. The predicted octanol–water partition coefficient (Wildman–Crippen LogP) is 3.49. The Balaban J connectivity index is 1.50. The lowest BCUT2D eigenvalue weighted by molar-refractivity contribution is -0.141.